The number of ether oxygens (including phenoxy) is 1. The fraction of sp³-hybridized carbons (Fsp3) is 0.333. The summed E-state index contributed by atoms with van der Waals surface area (Å²) in [6.07, 6.45) is -0.201. The molecular formula is C15H13ClFN3OS. The van der Waals surface area contributed by atoms with Crippen LogP contribution in [0.1, 0.15) is 24.2 Å². The van der Waals surface area contributed by atoms with Crippen LogP contribution in [0, 0.1) is 17.1 Å². The van der Waals surface area contributed by atoms with E-state index in [1.54, 1.807) is 12.1 Å². The molecule has 4 nitrogen and oxygen atoms in total. The molecular weight excluding hydrogens is 325 g/mol. The van der Waals surface area contributed by atoms with Crippen molar-refractivity contribution < 1.29 is 9.13 Å². The molecule has 0 bridgehead atoms. The van der Waals surface area contributed by atoms with Crippen LogP contribution < -0.4 is 4.90 Å². The minimum Gasteiger partial charge on any atom is -0.367 e. The Morgan fingerprint density at radius 3 is 2.82 bits per heavy atom. The van der Waals surface area contributed by atoms with Gasteiger partial charge >= 0.3 is 0 Å². The second kappa shape index (κ2) is 6.21. The van der Waals surface area contributed by atoms with Crippen molar-refractivity contribution in [3.05, 3.63) is 46.4 Å². The maximum Gasteiger partial charge on any atom is 0.162 e. The van der Waals surface area contributed by atoms with Crippen LogP contribution in [0.3, 0.4) is 0 Å². The molecule has 22 heavy (non-hydrogen) atoms. The number of halogens is 2. The molecule has 0 aliphatic carbocycles. The molecule has 1 aromatic heterocycles. The molecule has 3 rings (SSSR count). The van der Waals surface area contributed by atoms with Gasteiger partial charge in [0, 0.05) is 13.1 Å². The van der Waals surface area contributed by atoms with Crippen molar-refractivity contribution in [1.82, 2.24) is 4.37 Å². The van der Waals surface area contributed by atoms with E-state index in [1.165, 1.54) is 23.7 Å². The molecule has 0 saturated carbocycles. The van der Waals surface area contributed by atoms with Gasteiger partial charge in [0.2, 0.25) is 0 Å². The molecule has 1 saturated heterocycles. The molecule has 0 N–H and O–H groups in total. The number of rotatable bonds is 2. The summed E-state index contributed by atoms with van der Waals surface area (Å²) in [6, 6.07) is 8.39. The molecule has 2 aromatic rings. The Morgan fingerprint density at radius 1 is 1.41 bits per heavy atom. The number of morpholine rings is 1. The molecule has 2 atom stereocenters. The molecule has 7 heteroatoms. The smallest absolute Gasteiger partial charge is 0.162 e. The van der Waals surface area contributed by atoms with E-state index in [0.29, 0.717) is 18.7 Å². The zero-order valence-corrected chi connectivity index (χ0v) is 13.4. The first-order valence-electron chi connectivity index (χ1n) is 6.79. The fourth-order valence-electron chi connectivity index (χ4n) is 2.55. The van der Waals surface area contributed by atoms with Crippen molar-refractivity contribution in [2.45, 2.75) is 19.1 Å². The standard InChI is InChI=1S/C15H13ClFN3OS/c1-9-7-20(15-12(6-18)14(16)19-22-15)8-13(21-9)10-2-4-11(17)5-3-10/h2-5,9,13H,7-8H2,1H3. The number of benzene rings is 1. The van der Waals surface area contributed by atoms with Gasteiger partial charge in [-0.3, -0.25) is 0 Å². The summed E-state index contributed by atoms with van der Waals surface area (Å²) in [6.45, 7) is 3.20. The van der Waals surface area contributed by atoms with Crippen molar-refractivity contribution in [2.24, 2.45) is 0 Å². The lowest BCUT2D eigenvalue weighted by Crippen LogP contribution is -2.42. The van der Waals surface area contributed by atoms with Crippen molar-refractivity contribution in [3.8, 4) is 6.07 Å². The van der Waals surface area contributed by atoms with Gasteiger partial charge in [0.25, 0.3) is 0 Å². The second-order valence-electron chi connectivity index (χ2n) is 5.16. The highest BCUT2D eigenvalue weighted by atomic mass is 35.5. The van der Waals surface area contributed by atoms with Crippen LogP contribution in [-0.4, -0.2) is 23.6 Å². The number of nitrogens with zero attached hydrogens (tertiary/aromatic N) is 3. The Labute approximate surface area is 136 Å². The first-order valence-corrected chi connectivity index (χ1v) is 7.94. The molecule has 1 aromatic carbocycles. The van der Waals surface area contributed by atoms with Crippen molar-refractivity contribution >= 4 is 28.1 Å². The minimum absolute atomic E-state index is 0.0174. The third-order valence-electron chi connectivity index (χ3n) is 3.53. The van der Waals surface area contributed by atoms with Crippen molar-refractivity contribution in [2.75, 3.05) is 18.0 Å². The van der Waals surface area contributed by atoms with E-state index in [9.17, 15) is 9.65 Å². The van der Waals surface area contributed by atoms with E-state index in [4.69, 9.17) is 16.3 Å². The highest BCUT2D eigenvalue weighted by Gasteiger charge is 2.29. The summed E-state index contributed by atoms with van der Waals surface area (Å²) in [5.41, 5.74) is 1.31. The van der Waals surface area contributed by atoms with Gasteiger partial charge in [0.15, 0.2) is 5.15 Å². The minimum atomic E-state index is -0.273. The molecule has 0 spiro atoms. The van der Waals surface area contributed by atoms with Crippen LogP contribution >= 0.6 is 23.1 Å². The van der Waals surface area contributed by atoms with Crippen LogP contribution in [0.25, 0.3) is 0 Å². The number of hydrogen-bond donors (Lipinski definition) is 0. The molecule has 1 fully saturated rings. The second-order valence-corrected chi connectivity index (χ2v) is 6.27. The van der Waals surface area contributed by atoms with E-state index in [2.05, 4.69) is 15.3 Å². The van der Waals surface area contributed by atoms with Gasteiger partial charge in [-0.1, -0.05) is 23.7 Å². The first kappa shape index (κ1) is 15.2. The van der Waals surface area contributed by atoms with Crippen molar-refractivity contribution in [1.29, 1.82) is 5.26 Å². The van der Waals surface area contributed by atoms with Crippen molar-refractivity contribution in [3.63, 3.8) is 0 Å². The maximum atomic E-state index is 13.1. The van der Waals surface area contributed by atoms with E-state index < -0.39 is 0 Å². The Kier molecular flexibility index (Phi) is 4.30. The van der Waals surface area contributed by atoms with Crippen LogP contribution in [0.4, 0.5) is 9.39 Å². The highest BCUT2D eigenvalue weighted by molar-refractivity contribution is 7.10. The third-order valence-corrected chi connectivity index (χ3v) is 4.82. The summed E-state index contributed by atoms with van der Waals surface area (Å²) in [5.74, 6) is -0.273. The van der Waals surface area contributed by atoms with Gasteiger partial charge in [0.1, 0.15) is 28.6 Å². The summed E-state index contributed by atoms with van der Waals surface area (Å²) in [5, 5.41) is 10.2. The predicted octanol–water partition coefficient (Wildman–Crippen LogP) is 3.77. The van der Waals surface area contributed by atoms with E-state index >= 15 is 0 Å². The highest BCUT2D eigenvalue weighted by Crippen LogP contribution is 2.35. The lowest BCUT2D eigenvalue weighted by atomic mass is 10.1. The third kappa shape index (κ3) is 2.93. The Hall–Kier alpha value is -1.68. The molecule has 0 radical (unpaired) electrons. The van der Waals surface area contributed by atoms with Crippen LogP contribution in [0.5, 0.6) is 0 Å². The number of anilines is 1. The normalized spacial score (nSPS) is 21.6. The maximum absolute atomic E-state index is 13.1. The Balaban J connectivity index is 1.87. The Morgan fingerprint density at radius 2 is 2.14 bits per heavy atom. The molecule has 0 amide bonds. The molecule has 2 unspecified atom stereocenters. The lowest BCUT2D eigenvalue weighted by molar-refractivity contribution is -0.0172. The van der Waals surface area contributed by atoms with E-state index in [0.717, 1.165) is 10.6 Å². The van der Waals surface area contributed by atoms with E-state index in [1.807, 2.05) is 6.92 Å². The molecule has 1 aliphatic heterocycles. The van der Waals surface area contributed by atoms with Crippen LogP contribution in [0.15, 0.2) is 24.3 Å². The largest absolute Gasteiger partial charge is 0.367 e. The zero-order valence-electron chi connectivity index (χ0n) is 11.8. The summed E-state index contributed by atoms with van der Waals surface area (Å²) >= 11 is 7.16. The summed E-state index contributed by atoms with van der Waals surface area (Å²) in [7, 11) is 0. The van der Waals surface area contributed by atoms with Gasteiger partial charge in [-0.15, -0.1) is 0 Å². The fourth-order valence-corrected chi connectivity index (χ4v) is 3.60. The quantitative estimate of drug-likeness (QED) is 0.837. The van der Waals surface area contributed by atoms with Gasteiger partial charge in [0.05, 0.1) is 6.10 Å². The van der Waals surface area contributed by atoms with Gasteiger partial charge in [-0.25, -0.2) is 4.39 Å². The first-order chi connectivity index (χ1) is 10.6. The molecule has 114 valence electrons. The monoisotopic (exact) mass is 337 g/mol. The zero-order chi connectivity index (χ0) is 15.7. The average Bonchev–Trinajstić information content (AvgIpc) is 2.88. The lowest BCUT2D eigenvalue weighted by Gasteiger charge is -2.37. The predicted molar refractivity (Wildman–Crippen MR) is 83.7 cm³/mol. The summed E-state index contributed by atoms with van der Waals surface area (Å²) < 4.78 is 23.1. The van der Waals surface area contributed by atoms with Gasteiger partial charge < -0.3 is 9.64 Å². The van der Waals surface area contributed by atoms with E-state index in [-0.39, 0.29) is 23.2 Å². The summed E-state index contributed by atoms with van der Waals surface area (Å²) in [4.78, 5) is 2.06. The number of hydrogen-bond acceptors (Lipinski definition) is 5. The molecule has 2 heterocycles. The molecule has 1 aliphatic rings. The van der Waals surface area contributed by atoms with Crippen LogP contribution in [0.2, 0.25) is 5.15 Å². The van der Waals surface area contributed by atoms with Gasteiger partial charge in [-0.05, 0) is 36.2 Å². The average molecular weight is 338 g/mol. The number of aromatic nitrogens is 1. The SMILES string of the molecule is CC1CN(c2snc(Cl)c2C#N)CC(c2ccc(F)cc2)O1. The Bertz CT molecular complexity index is 713. The van der Waals surface area contributed by atoms with Gasteiger partial charge in [-0.2, -0.15) is 9.64 Å². The van der Waals surface area contributed by atoms with Crippen LogP contribution in [-0.2, 0) is 4.74 Å². The number of nitriles is 1. The topological polar surface area (TPSA) is 49.2 Å².